The number of halogens is 2. The molecule has 2 amide bonds. The summed E-state index contributed by atoms with van der Waals surface area (Å²) in [4.78, 5) is 29.4. The number of ether oxygens (including phenoxy) is 2. The van der Waals surface area contributed by atoms with Gasteiger partial charge in [-0.05, 0) is 60.2 Å². The lowest BCUT2D eigenvalue weighted by Gasteiger charge is -2.32. The van der Waals surface area contributed by atoms with Gasteiger partial charge in [-0.25, -0.2) is 0 Å². The lowest BCUT2D eigenvalue weighted by Crippen LogP contribution is -2.52. The highest BCUT2D eigenvalue weighted by atomic mass is 35.5. The van der Waals surface area contributed by atoms with E-state index in [1.165, 1.54) is 0 Å². The average Bonchev–Trinajstić information content (AvgIpc) is 3.63. The second kappa shape index (κ2) is 12.8. The zero-order valence-electron chi connectivity index (χ0n) is 21.7. The van der Waals surface area contributed by atoms with Crippen LogP contribution in [0.2, 0.25) is 10.0 Å². The number of rotatable bonds is 10. The van der Waals surface area contributed by atoms with Crippen LogP contribution in [0.1, 0.15) is 48.8 Å². The molecule has 0 saturated heterocycles. The fourth-order valence-corrected chi connectivity index (χ4v) is 5.57. The van der Waals surface area contributed by atoms with Gasteiger partial charge < -0.3 is 19.7 Å². The summed E-state index contributed by atoms with van der Waals surface area (Å²) in [5, 5.41) is 4.09. The molecule has 8 heteroatoms. The maximum absolute atomic E-state index is 13.9. The Morgan fingerprint density at radius 1 is 0.872 bits per heavy atom. The van der Waals surface area contributed by atoms with Crippen molar-refractivity contribution in [3.05, 3.63) is 93.5 Å². The summed E-state index contributed by atoms with van der Waals surface area (Å²) < 4.78 is 10.9. The summed E-state index contributed by atoms with van der Waals surface area (Å²) in [6.07, 6.45) is 5.31. The lowest BCUT2D eigenvalue weighted by molar-refractivity contribution is -0.141. The minimum Gasteiger partial charge on any atom is -0.454 e. The van der Waals surface area contributed by atoms with Crippen molar-refractivity contribution in [2.24, 2.45) is 0 Å². The average molecular weight is 568 g/mol. The standard InChI is InChI=1S/C31H32Cl2N2O4/c32-25-13-10-23(16-26(25)33)19-35(30(36)15-12-22-11-14-28-29(18-22)39-20-38-28)27(17-21-6-2-1-3-7-21)31(37)34-24-8-4-5-9-24/h1-3,6-7,10-11,13-14,16,18,24,27H,4-5,8-9,12,15,17,19-20H2,(H,34,37)/t27-/m1/s1. The molecule has 1 saturated carbocycles. The zero-order chi connectivity index (χ0) is 27.2. The molecule has 3 aromatic carbocycles. The van der Waals surface area contributed by atoms with Gasteiger partial charge in [0, 0.05) is 25.4 Å². The van der Waals surface area contributed by atoms with Gasteiger partial charge in [0.1, 0.15) is 6.04 Å². The molecule has 0 spiro atoms. The second-order valence-electron chi connectivity index (χ2n) is 10.2. The molecule has 3 aromatic rings. The first-order chi connectivity index (χ1) is 19.0. The minimum atomic E-state index is -0.674. The van der Waals surface area contributed by atoms with Gasteiger partial charge in [-0.1, -0.05) is 78.5 Å². The summed E-state index contributed by atoms with van der Waals surface area (Å²) >= 11 is 12.5. The molecule has 2 aliphatic rings. The van der Waals surface area contributed by atoms with Crippen molar-refractivity contribution < 1.29 is 19.1 Å². The van der Waals surface area contributed by atoms with Crippen molar-refractivity contribution in [3.8, 4) is 11.5 Å². The van der Waals surface area contributed by atoms with E-state index in [0.717, 1.165) is 42.4 Å². The fraction of sp³-hybridized carbons (Fsp3) is 0.355. The van der Waals surface area contributed by atoms with E-state index in [1.807, 2.05) is 54.6 Å². The summed E-state index contributed by atoms with van der Waals surface area (Å²) in [6.45, 7) is 0.443. The third kappa shape index (κ3) is 7.06. The van der Waals surface area contributed by atoms with Crippen LogP contribution < -0.4 is 14.8 Å². The molecule has 0 aromatic heterocycles. The van der Waals surface area contributed by atoms with Crippen LogP contribution in [0, 0.1) is 0 Å². The summed E-state index contributed by atoms with van der Waals surface area (Å²) in [7, 11) is 0. The third-order valence-corrected chi connectivity index (χ3v) is 8.11. The first-order valence-corrected chi connectivity index (χ1v) is 14.2. The molecule has 1 aliphatic carbocycles. The van der Waals surface area contributed by atoms with Gasteiger partial charge >= 0.3 is 0 Å². The molecule has 1 atom stereocenters. The Hall–Kier alpha value is -3.22. The number of fused-ring (bicyclic) bond motifs is 1. The topological polar surface area (TPSA) is 67.9 Å². The Morgan fingerprint density at radius 2 is 1.62 bits per heavy atom. The Morgan fingerprint density at radius 3 is 2.38 bits per heavy atom. The molecule has 0 bridgehead atoms. The van der Waals surface area contributed by atoms with Crippen LogP contribution >= 0.6 is 23.2 Å². The maximum atomic E-state index is 13.9. The summed E-state index contributed by atoms with van der Waals surface area (Å²) in [6, 6.07) is 20.3. The summed E-state index contributed by atoms with van der Waals surface area (Å²) in [5.41, 5.74) is 2.77. The number of hydrogen-bond acceptors (Lipinski definition) is 4. The number of carbonyl (C=O) groups excluding carboxylic acids is 2. The van der Waals surface area contributed by atoms with Crippen LogP contribution in [0.4, 0.5) is 0 Å². The van der Waals surface area contributed by atoms with Crippen molar-refractivity contribution in [2.45, 2.75) is 63.6 Å². The molecule has 6 nitrogen and oxygen atoms in total. The molecule has 1 aliphatic heterocycles. The molecule has 1 heterocycles. The number of carbonyl (C=O) groups is 2. The molecular weight excluding hydrogens is 535 g/mol. The normalized spacial score (nSPS) is 15.2. The largest absolute Gasteiger partial charge is 0.454 e. The van der Waals surface area contributed by atoms with Crippen molar-refractivity contribution in [1.29, 1.82) is 0 Å². The van der Waals surface area contributed by atoms with Crippen molar-refractivity contribution in [1.82, 2.24) is 10.2 Å². The van der Waals surface area contributed by atoms with Gasteiger partial charge in [-0.15, -0.1) is 0 Å². The molecule has 204 valence electrons. The smallest absolute Gasteiger partial charge is 0.243 e. The molecule has 39 heavy (non-hydrogen) atoms. The minimum absolute atomic E-state index is 0.110. The molecule has 5 rings (SSSR count). The first-order valence-electron chi connectivity index (χ1n) is 13.4. The van der Waals surface area contributed by atoms with Crippen molar-refractivity contribution in [3.63, 3.8) is 0 Å². The van der Waals surface area contributed by atoms with E-state index < -0.39 is 6.04 Å². The number of hydrogen-bond donors (Lipinski definition) is 1. The predicted molar refractivity (Wildman–Crippen MR) is 152 cm³/mol. The SMILES string of the molecule is O=C(NC1CCCC1)[C@@H](Cc1ccccc1)N(Cc1ccc(Cl)c(Cl)c1)C(=O)CCc1ccc2c(c1)OCO2. The first kappa shape index (κ1) is 27.4. The van der Waals surface area contributed by atoms with E-state index in [0.29, 0.717) is 34.4 Å². The van der Waals surface area contributed by atoms with E-state index in [-0.39, 0.29) is 37.6 Å². The zero-order valence-corrected chi connectivity index (χ0v) is 23.2. The number of aryl methyl sites for hydroxylation is 1. The number of nitrogens with one attached hydrogen (secondary N) is 1. The van der Waals surface area contributed by atoms with Crippen LogP contribution in [-0.2, 0) is 29.0 Å². The Kier molecular flexibility index (Phi) is 8.95. The van der Waals surface area contributed by atoms with Crippen LogP contribution in [0.5, 0.6) is 11.5 Å². The highest BCUT2D eigenvalue weighted by Gasteiger charge is 2.32. The van der Waals surface area contributed by atoms with E-state index in [2.05, 4.69) is 5.32 Å². The van der Waals surface area contributed by atoms with Crippen LogP contribution in [0.15, 0.2) is 66.7 Å². The number of benzene rings is 3. The lowest BCUT2D eigenvalue weighted by atomic mass is 10.0. The highest BCUT2D eigenvalue weighted by molar-refractivity contribution is 6.42. The monoisotopic (exact) mass is 566 g/mol. The predicted octanol–water partition coefficient (Wildman–Crippen LogP) is 6.35. The summed E-state index contributed by atoms with van der Waals surface area (Å²) in [5.74, 6) is 1.16. The fourth-order valence-electron chi connectivity index (χ4n) is 5.25. The Bertz CT molecular complexity index is 1310. The highest BCUT2D eigenvalue weighted by Crippen LogP contribution is 2.33. The van der Waals surface area contributed by atoms with E-state index >= 15 is 0 Å². The Labute approximate surface area is 239 Å². The van der Waals surface area contributed by atoms with Gasteiger partial charge in [-0.2, -0.15) is 0 Å². The molecular formula is C31H32Cl2N2O4. The van der Waals surface area contributed by atoms with E-state index in [1.54, 1.807) is 17.0 Å². The van der Waals surface area contributed by atoms with Gasteiger partial charge in [0.15, 0.2) is 11.5 Å². The van der Waals surface area contributed by atoms with E-state index in [9.17, 15) is 9.59 Å². The quantitative estimate of drug-likeness (QED) is 0.310. The van der Waals surface area contributed by atoms with Gasteiger partial charge in [0.25, 0.3) is 0 Å². The van der Waals surface area contributed by atoms with Crippen LogP contribution in [-0.4, -0.2) is 35.6 Å². The molecule has 1 fully saturated rings. The number of nitrogens with zero attached hydrogens (tertiary/aromatic N) is 1. The van der Waals surface area contributed by atoms with Gasteiger partial charge in [0.05, 0.1) is 10.0 Å². The molecule has 0 radical (unpaired) electrons. The van der Waals surface area contributed by atoms with Gasteiger partial charge in [-0.3, -0.25) is 9.59 Å². The van der Waals surface area contributed by atoms with Crippen molar-refractivity contribution >= 4 is 35.0 Å². The van der Waals surface area contributed by atoms with E-state index in [4.69, 9.17) is 32.7 Å². The van der Waals surface area contributed by atoms with Crippen LogP contribution in [0.25, 0.3) is 0 Å². The molecule has 0 unspecified atom stereocenters. The van der Waals surface area contributed by atoms with Crippen LogP contribution in [0.3, 0.4) is 0 Å². The third-order valence-electron chi connectivity index (χ3n) is 7.37. The van der Waals surface area contributed by atoms with Crippen molar-refractivity contribution in [2.75, 3.05) is 6.79 Å². The van der Waals surface area contributed by atoms with Gasteiger partial charge in [0.2, 0.25) is 18.6 Å². The molecule has 1 N–H and O–H groups in total. The Balaban J connectivity index is 1.41. The number of amides is 2. The second-order valence-corrected chi connectivity index (χ2v) is 11.0. The maximum Gasteiger partial charge on any atom is 0.243 e.